The number of rotatable bonds is 5. The van der Waals surface area contributed by atoms with Crippen molar-refractivity contribution >= 4 is 11.8 Å². The molecule has 0 aliphatic carbocycles. The number of hydrogen-bond donors (Lipinski definition) is 1. The van der Waals surface area contributed by atoms with Crippen LogP contribution < -0.4 is 5.32 Å². The van der Waals surface area contributed by atoms with Crippen LogP contribution in [-0.4, -0.2) is 6.54 Å². The third-order valence-corrected chi connectivity index (χ3v) is 1.84. The van der Waals surface area contributed by atoms with Gasteiger partial charge in [-0.05, 0) is 18.1 Å². The highest BCUT2D eigenvalue weighted by atomic mass is 14.9. The molecule has 0 saturated heterocycles. The van der Waals surface area contributed by atoms with E-state index in [4.69, 9.17) is 0 Å². The highest BCUT2D eigenvalue weighted by Gasteiger charge is 1.94. The average Bonchev–Trinajstić information content (AvgIpc) is 2.19. The monoisotopic (exact) mass is 173 g/mol. The summed E-state index contributed by atoms with van der Waals surface area (Å²) >= 11 is 0. The van der Waals surface area contributed by atoms with Gasteiger partial charge in [0, 0.05) is 12.2 Å². The van der Waals surface area contributed by atoms with E-state index in [1.54, 1.807) is 0 Å². The molecule has 0 saturated carbocycles. The molecule has 13 heavy (non-hydrogen) atoms. The molecule has 0 bridgehead atoms. The third kappa shape index (κ3) is 2.79. The van der Waals surface area contributed by atoms with Gasteiger partial charge in [-0.25, -0.2) is 0 Å². The molecule has 1 heteroatoms. The van der Waals surface area contributed by atoms with Gasteiger partial charge in [0.1, 0.15) is 0 Å². The van der Waals surface area contributed by atoms with Crippen molar-refractivity contribution in [2.75, 3.05) is 11.9 Å². The van der Waals surface area contributed by atoms with Crippen LogP contribution in [0.3, 0.4) is 0 Å². The smallest absolute Gasteiger partial charge is 0.0413 e. The number of hydrogen-bond acceptors (Lipinski definition) is 1. The van der Waals surface area contributed by atoms with E-state index in [1.165, 1.54) is 0 Å². The fourth-order valence-corrected chi connectivity index (χ4v) is 1.14. The van der Waals surface area contributed by atoms with E-state index in [-0.39, 0.29) is 0 Å². The number of para-hydroxylation sites is 1. The van der Waals surface area contributed by atoms with Crippen LogP contribution in [0.5, 0.6) is 0 Å². The fourth-order valence-electron chi connectivity index (χ4n) is 1.14. The SMILES string of the molecule is C=CCCNc1ccccc1C=C. The van der Waals surface area contributed by atoms with Gasteiger partial charge in [0.2, 0.25) is 0 Å². The van der Waals surface area contributed by atoms with E-state index in [1.807, 2.05) is 30.4 Å². The van der Waals surface area contributed by atoms with Gasteiger partial charge in [-0.2, -0.15) is 0 Å². The molecule has 0 amide bonds. The first-order chi connectivity index (χ1) is 6.38. The molecule has 0 aromatic heterocycles. The number of anilines is 1. The predicted molar refractivity (Wildman–Crippen MR) is 59.8 cm³/mol. The molecule has 0 heterocycles. The topological polar surface area (TPSA) is 12.0 Å². The highest BCUT2D eigenvalue weighted by molar-refractivity contribution is 5.65. The second kappa shape index (κ2) is 5.20. The van der Waals surface area contributed by atoms with Gasteiger partial charge in [-0.1, -0.05) is 36.9 Å². The van der Waals surface area contributed by atoms with E-state index in [0.29, 0.717) is 0 Å². The molecule has 1 rings (SSSR count). The lowest BCUT2D eigenvalue weighted by atomic mass is 10.2. The van der Waals surface area contributed by atoms with E-state index in [2.05, 4.69) is 24.5 Å². The molecule has 1 aromatic carbocycles. The van der Waals surface area contributed by atoms with E-state index >= 15 is 0 Å². The Hall–Kier alpha value is -1.50. The first-order valence-corrected chi connectivity index (χ1v) is 4.44. The molecule has 0 spiro atoms. The summed E-state index contributed by atoms with van der Waals surface area (Å²) in [6.07, 6.45) is 4.74. The van der Waals surface area contributed by atoms with Gasteiger partial charge in [-0.15, -0.1) is 6.58 Å². The number of benzene rings is 1. The van der Waals surface area contributed by atoms with Crippen molar-refractivity contribution in [2.45, 2.75) is 6.42 Å². The first-order valence-electron chi connectivity index (χ1n) is 4.44. The van der Waals surface area contributed by atoms with Crippen LogP contribution >= 0.6 is 0 Å². The molecular formula is C12H15N. The molecule has 68 valence electrons. The van der Waals surface area contributed by atoms with Gasteiger partial charge in [0.15, 0.2) is 0 Å². The summed E-state index contributed by atoms with van der Waals surface area (Å²) < 4.78 is 0. The van der Waals surface area contributed by atoms with E-state index in [9.17, 15) is 0 Å². The van der Waals surface area contributed by atoms with Crippen molar-refractivity contribution in [3.8, 4) is 0 Å². The van der Waals surface area contributed by atoms with Crippen molar-refractivity contribution in [1.29, 1.82) is 0 Å². The normalized spacial score (nSPS) is 9.23. The molecule has 1 nitrogen and oxygen atoms in total. The Morgan fingerprint density at radius 1 is 1.23 bits per heavy atom. The Labute approximate surface area is 79.8 Å². The summed E-state index contributed by atoms with van der Waals surface area (Å²) in [4.78, 5) is 0. The Kier molecular flexibility index (Phi) is 3.83. The van der Waals surface area contributed by atoms with Crippen LogP contribution in [0.1, 0.15) is 12.0 Å². The van der Waals surface area contributed by atoms with Crippen LogP contribution in [-0.2, 0) is 0 Å². The zero-order valence-corrected chi connectivity index (χ0v) is 7.79. The first kappa shape index (κ1) is 9.59. The predicted octanol–water partition coefficient (Wildman–Crippen LogP) is 3.32. The van der Waals surface area contributed by atoms with E-state index < -0.39 is 0 Å². The lowest BCUT2D eigenvalue weighted by Crippen LogP contribution is -2.01. The lowest BCUT2D eigenvalue weighted by molar-refractivity contribution is 1.07. The van der Waals surface area contributed by atoms with Gasteiger partial charge in [0.05, 0.1) is 0 Å². The van der Waals surface area contributed by atoms with Gasteiger partial charge < -0.3 is 5.32 Å². The number of nitrogens with one attached hydrogen (secondary N) is 1. The molecular weight excluding hydrogens is 158 g/mol. The minimum absolute atomic E-state index is 0.925. The average molecular weight is 173 g/mol. The summed E-state index contributed by atoms with van der Waals surface area (Å²) in [6, 6.07) is 8.13. The third-order valence-electron chi connectivity index (χ3n) is 1.84. The summed E-state index contributed by atoms with van der Waals surface area (Å²) in [5.74, 6) is 0. The van der Waals surface area contributed by atoms with Crippen LogP contribution in [0.2, 0.25) is 0 Å². The van der Waals surface area contributed by atoms with E-state index in [0.717, 1.165) is 24.2 Å². The second-order valence-corrected chi connectivity index (χ2v) is 2.80. The van der Waals surface area contributed by atoms with Crippen molar-refractivity contribution < 1.29 is 0 Å². The summed E-state index contributed by atoms with van der Waals surface area (Å²) in [5.41, 5.74) is 2.28. The largest absolute Gasteiger partial charge is 0.384 e. The van der Waals surface area contributed by atoms with Gasteiger partial charge >= 0.3 is 0 Å². The zero-order valence-electron chi connectivity index (χ0n) is 7.79. The van der Waals surface area contributed by atoms with Crippen molar-refractivity contribution in [1.82, 2.24) is 0 Å². The summed E-state index contributed by atoms with van der Waals surface area (Å²) in [7, 11) is 0. The minimum atomic E-state index is 0.925. The maximum Gasteiger partial charge on any atom is 0.0413 e. The van der Waals surface area contributed by atoms with Crippen LogP contribution in [0.15, 0.2) is 43.5 Å². The van der Waals surface area contributed by atoms with Crippen molar-refractivity contribution in [2.24, 2.45) is 0 Å². The molecule has 0 unspecified atom stereocenters. The lowest BCUT2D eigenvalue weighted by Gasteiger charge is -2.07. The quantitative estimate of drug-likeness (QED) is 0.532. The molecule has 0 aliphatic rings. The molecule has 0 radical (unpaired) electrons. The Bertz CT molecular complexity index is 289. The second-order valence-electron chi connectivity index (χ2n) is 2.80. The van der Waals surface area contributed by atoms with Crippen LogP contribution in [0, 0.1) is 0 Å². The fraction of sp³-hybridized carbons (Fsp3) is 0.167. The van der Waals surface area contributed by atoms with Crippen LogP contribution in [0.4, 0.5) is 5.69 Å². The van der Waals surface area contributed by atoms with Gasteiger partial charge in [-0.3, -0.25) is 0 Å². The molecule has 0 fully saturated rings. The molecule has 1 N–H and O–H groups in total. The maximum atomic E-state index is 3.76. The van der Waals surface area contributed by atoms with Crippen LogP contribution in [0.25, 0.3) is 6.08 Å². The summed E-state index contributed by atoms with van der Waals surface area (Å²) in [5, 5.41) is 3.32. The van der Waals surface area contributed by atoms with Crippen molar-refractivity contribution in [3.05, 3.63) is 49.1 Å². The van der Waals surface area contributed by atoms with Gasteiger partial charge in [0.25, 0.3) is 0 Å². The molecule has 0 aliphatic heterocycles. The minimum Gasteiger partial charge on any atom is -0.384 e. The summed E-state index contributed by atoms with van der Waals surface area (Å²) in [6.45, 7) is 8.36. The Balaban J connectivity index is 2.63. The molecule has 0 atom stereocenters. The highest BCUT2D eigenvalue weighted by Crippen LogP contribution is 2.15. The standard InChI is InChI=1S/C12H15N/c1-3-5-10-13-12-9-7-6-8-11(12)4-2/h3-4,6-9,13H,1-2,5,10H2. The Morgan fingerprint density at radius 2 is 2.00 bits per heavy atom. The Morgan fingerprint density at radius 3 is 2.69 bits per heavy atom. The van der Waals surface area contributed by atoms with Crippen molar-refractivity contribution in [3.63, 3.8) is 0 Å². The zero-order chi connectivity index (χ0) is 9.52. The maximum absolute atomic E-state index is 3.76. The molecule has 1 aromatic rings.